The molecule has 0 spiro atoms. The summed E-state index contributed by atoms with van der Waals surface area (Å²) in [5, 5.41) is 34.5. The van der Waals surface area contributed by atoms with Crippen LogP contribution in [0.3, 0.4) is 0 Å². The number of sulfone groups is 1. The SMILES string of the molecule is COc1ccc(C)cc1N=Nc1c(S(=O)(=O)O)cc2cc(S(=O)(=O)O)c(N=Nc3ccc(S(=O)(=O)c4ccc(N=Nc5ccc(N)cc5N)cc4)cc3)c(N)c2c1O. The van der Waals surface area contributed by atoms with Gasteiger partial charge in [-0.15, -0.1) is 20.5 Å². The minimum Gasteiger partial charge on any atom is -0.505 e. The molecular weight excluding hydrogens is 815 g/mol. The van der Waals surface area contributed by atoms with Gasteiger partial charge in [-0.25, -0.2) is 8.42 Å². The van der Waals surface area contributed by atoms with Crippen LogP contribution in [0, 0.1) is 6.92 Å². The second-order valence-electron chi connectivity index (χ2n) is 12.3. The third-order valence-electron chi connectivity index (χ3n) is 8.35. The predicted molar refractivity (Wildman–Crippen MR) is 214 cm³/mol. The molecule has 0 saturated carbocycles. The number of nitrogens with two attached hydrogens (primary N) is 3. The molecule has 0 aliphatic rings. The van der Waals surface area contributed by atoms with Gasteiger partial charge in [-0.3, -0.25) is 9.11 Å². The van der Waals surface area contributed by atoms with Crippen molar-refractivity contribution in [1.29, 1.82) is 0 Å². The lowest BCUT2D eigenvalue weighted by Gasteiger charge is -2.14. The minimum atomic E-state index is -5.15. The topological polar surface area (TPSA) is 325 Å². The van der Waals surface area contributed by atoms with Crippen molar-refractivity contribution in [2.75, 3.05) is 24.3 Å². The molecule has 6 rings (SSSR count). The van der Waals surface area contributed by atoms with Gasteiger partial charge in [0, 0.05) is 5.69 Å². The number of fused-ring (bicyclic) bond motifs is 1. The van der Waals surface area contributed by atoms with Crippen LogP contribution in [0.4, 0.5) is 51.2 Å². The van der Waals surface area contributed by atoms with Crippen molar-refractivity contribution < 1.29 is 44.2 Å². The number of rotatable bonds is 11. The molecule has 9 N–H and O–H groups in total. The van der Waals surface area contributed by atoms with E-state index in [2.05, 4.69) is 30.7 Å². The molecule has 0 fully saturated rings. The van der Waals surface area contributed by atoms with Gasteiger partial charge in [0.2, 0.25) is 9.84 Å². The fourth-order valence-electron chi connectivity index (χ4n) is 5.49. The molecule has 0 aliphatic carbocycles. The van der Waals surface area contributed by atoms with Crippen molar-refractivity contribution in [1.82, 2.24) is 0 Å². The number of ether oxygens (including phenoxy) is 1. The molecule has 0 atom stereocenters. The molecule has 0 aromatic heterocycles. The molecule has 6 aromatic rings. The highest BCUT2D eigenvalue weighted by atomic mass is 32.2. The van der Waals surface area contributed by atoms with Crippen molar-refractivity contribution in [3.05, 3.63) is 103 Å². The number of anilines is 3. The third-order valence-corrected chi connectivity index (χ3v) is 11.9. The van der Waals surface area contributed by atoms with Crippen LogP contribution in [0.5, 0.6) is 11.5 Å². The quantitative estimate of drug-likeness (QED) is 0.0407. The van der Waals surface area contributed by atoms with Gasteiger partial charge in [0.15, 0.2) is 5.75 Å². The first-order valence-corrected chi connectivity index (χ1v) is 20.7. The molecule has 58 heavy (non-hydrogen) atoms. The average Bonchev–Trinajstić information content (AvgIpc) is 3.16. The summed E-state index contributed by atoms with van der Waals surface area (Å²) < 4.78 is 102. The molecule has 6 aromatic carbocycles. The summed E-state index contributed by atoms with van der Waals surface area (Å²) in [7, 11) is -13.0. The molecule has 298 valence electrons. The summed E-state index contributed by atoms with van der Waals surface area (Å²) in [6.45, 7) is 1.74. The fourth-order valence-corrected chi connectivity index (χ4v) is 8.08. The highest BCUT2D eigenvalue weighted by molar-refractivity contribution is 7.91. The number of aromatic hydroxyl groups is 1. The lowest BCUT2D eigenvalue weighted by molar-refractivity contribution is 0.415. The van der Waals surface area contributed by atoms with E-state index in [0.29, 0.717) is 22.7 Å². The zero-order valence-electron chi connectivity index (χ0n) is 30.1. The van der Waals surface area contributed by atoms with E-state index in [1.807, 2.05) is 0 Å². The van der Waals surface area contributed by atoms with E-state index in [4.69, 9.17) is 21.9 Å². The number of benzene rings is 6. The Balaban J connectivity index is 1.35. The summed E-state index contributed by atoms with van der Waals surface area (Å²) in [5.41, 5.74) is 18.2. The number of aryl methyl sites for hydroxylation is 1. The second-order valence-corrected chi connectivity index (χ2v) is 17.1. The number of azo groups is 3. The van der Waals surface area contributed by atoms with Gasteiger partial charge in [0.25, 0.3) is 20.2 Å². The number of nitrogen functional groups attached to an aromatic ring is 3. The average molecular weight is 846 g/mol. The Morgan fingerprint density at radius 1 is 0.586 bits per heavy atom. The Morgan fingerprint density at radius 2 is 1.10 bits per heavy atom. The molecule has 0 heterocycles. The van der Waals surface area contributed by atoms with Crippen LogP contribution in [-0.2, 0) is 30.1 Å². The summed E-state index contributed by atoms with van der Waals surface area (Å²) in [6, 6.07) is 21.6. The Bertz CT molecular complexity index is 3050. The number of hydrogen-bond donors (Lipinski definition) is 6. The maximum Gasteiger partial charge on any atom is 0.296 e. The number of hydrogen-bond acceptors (Lipinski definition) is 17. The van der Waals surface area contributed by atoms with Crippen LogP contribution in [0.2, 0.25) is 0 Å². The van der Waals surface area contributed by atoms with Crippen molar-refractivity contribution in [3.63, 3.8) is 0 Å². The van der Waals surface area contributed by atoms with Crippen LogP contribution in [0.15, 0.2) is 147 Å². The molecule has 0 radical (unpaired) electrons. The Labute approximate surface area is 330 Å². The first-order chi connectivity index (χ1) is 27.3. The maximum absolute atomic E-state index is 13.4. The zero-order valence-corrected chi connectivity index (χ0v) is 32.5. The maximum atomic E-state index is 13.4. The van der Waals surface area contributed by atoms with Gasteiger partial charge in [-0.05, 0) is 109 Å². The highest BCUT2D eigenvalue weighted by Crippen LogP contribution is 2.48. The fraction of sp³-hybridized carbons (Fsp3) is 0.0556. The van der Waals surface area contributed by atoms with E-state index in [9.17, 15) is 39.5 Å². The lowest BCUT2D eigenvalue weighted by Crippen LogP contribution is -2.03. The molecule has 0 saturated heterocycles. The van der Waals surface area contributed by atoms with E-state index < -0.39 is 62.7 Å². The Morgan fingerprint density at radius 3 is 1.64 bits per heavy atom. The van der Waals surface area contributed by atoms with E-state index in [-0.39, 0.29) is 37.7 Å². The molecule has 0 amide bonds. The monoisotopic (exact) mass is 845 g/mol. The number of nitrogens with zero attached hydrogens (tertiary/aromatic N) is 6. The summed E-state index contributed by atoms with van der Waals surface area (Å²) in [5.74, 6) is -0.711. The van der Waals surface area contributed by atoms with Crippen LogP contribution in [0.1, 0.15) is 5.56 Å². The van der Waals surface area contributed by atoms with Crippen LogP contribution in [-0.4, -0.2) is 46.6 Å². The standard InChI is InChI=1S/C36H31N9O10S3/c1-19-3-14-29(55-2)28(15-19)43-45-35-31(58(52,53)54)17-20-16-30(57(49,50)51)34(33(39)32(20)36(35)46)44-41-23-7-11-25(12-8-23)56(47,48)24-9-5-22(6-10-24)40-42-27-13-4-21(37)18-26(27)38/h3-18,46H,37-39H2,1-2H3,(H,49,50,51)(H,52,53,54). The Hall–Kier alpha value is -6.85. The normalized spacial score (nSPS) is 12.6. The number of phenolic OH excluding ortho intramolecular Hbond substituents is 1. The molecule has 0 aliphatic heterocycles. The van der Waals surface area contributed by atoms with Crippen LogP contribution >= 0.6 is 0 Å². The molecule has 0 unspecified atom stereocenters. The summed E-state index contributed by atoms with van der Waals surface area (Å²) >= 11 is 0. The first-order valence-electron chi connectivity index (χ1n) is 16.3. The molecule has 22 heteroatoms. The lowest BCUT2D eigenvalue weighted by atomic mass is 10.1. The number of methoxy groups -OCH3 is 1. The van der Waals surface area contributed by atoms with E-state index in [1.165, 1.54) is 61.7 Å². The summed E-state index contributed by atoms with van der Waals surface area (Å²) in [4.78, 5) is -2.12. The third kappa shape index (κ3) is 8.45. The van der Waals surface area contributed by atoms with Crippen molar-refractivity contribution >= 4 is 92.0 Å². The molecule has 19 nitrogen and oxygen atoms in total. The summed E-state index contributed by atoms with van der Waals surface area (Å²) in [6.07, 6.45) is 0. The van der Waals surface area contributed by atoms with Gasteiger partial charge in [-0.2, -0.15) is 27.1 Å². The largest absolute Gasteiger partial charge is 0.505 e. The van der Waals surface area contributed by atoms with Gasteiger partial charge < -0.3 is 27.0 Å². The smallest absolute Gasteiger partial charge is 0.296 e. The minimum absolute atomic E-state index is 0.00460. The van der Waals surface area contributed by atoms with Gasteiger partial charge >= 0.3 is 0 Å². The van der Waals surface area contributed by atoms with Crippen LogP contribution in [0.25, 0.3) is 10.8 Å². The first kappa shape index (κ1) is 40.8. The van der Waals surface area contributed by atoms with Crippen molar-refractivity contribution in [3.8, 4) is 11.5 Å². The van der Waals surface area contributed by atoms with Crippen LogP contribution < -0.4 is 21.9 Å². The van der Waals surface area contributed by atoms with Crippen molar-refractivity contribution in [2.24, 2.45) is 30.7 Å². The molecule has 0 bridgehead atoms. The Kier molecular flexibility index (Phi) is 11.0. The van der Waals surface area contributed by atoms with Gasteiger partial charge in [-0.1, -0.05) is 6.07 Å². The van der Waals surface area contributed by atoms with E-state index >= 15 is 0 Å². The predicted octanol–water partition coefficient (Wildman–Crippen LogP) is 8.18. The molecular formula is C36H31N9O10S3. The van der Waals surface area contributed by atoms with Gasteiger partial charge in [0.05, 0.1) is 45.0 Å². The van der Waals surface area contributed by atoms with Gasteiger partial charge in [0.1, 0.15) is 38.3 Å². The second kappa shape index (κ2) is 15.6. The van der Waals surface area contributed by atoms with E-state index in [1.54, 1.807) is 37.3 Å². The number of phenols is 1. The zero-order chi connectivity index (χ0) is 42.2. The van der Waals surface area contributed by atoms with E-state index in [0.717, 1.165) is 17.7 Å². The highest BCUT2D eigenvalue weighted by Gasteiger charge is 2.28. The van der Waals surface area contributed by atoms with Crippen molar-refractivity contribution in [2.45, 2.75) is 26.5 Å².